The number of hydrogen-bond acceptors (Lipinski definition) is 1. The summed E-state index contributed by atoms with van der Waals surface area (Å²) in [7, 11) is 0. The quantitative estimate of drug-likeness (QED) is 0.831. The van der Waals surface area contributed by atoms with Crippen molar-refractivity contribution in [3.63, 3.8) is 0 Å². The van der Waals surface area contributed by atoms with Crippen LogP contribution in [0.3, 0.4) is 0 Å². The lowest BCUT2D eigenvalue weighted by Gasteiger charge is -2.34. The van der Waals surface area contributed by atoms with Crippen LogP contribution in [0.4, 0.5) is 0 Å². The van der Waals surface area contributed by atoms with Crippen molar-refractivity contribution < 1.29 is 0 Å². The van der Waals surface area contributed by atoms with Crippen LogP contribution in [0.25, 0.3) is 0 Å². The van der Waals surface area contributed by atoms with Crippen molar-refractivity contribution in [2.45, 2.75) is 70.4 Å². The number of halogens is 1. The van der Waals surface area contributed by atoms with E-state index in [1.807, 2.05) is 0 Å². The highest BCUT2D eigenvalue weighted by Gasteiger charge is 2.24. The highest BCUT2D eigenvalue weighted by Crippen LogP contribution is 2.29. The van der Waals surface area contributed by atoms with Crippen LogP contribution >= 0.6 is 15.9 Å². The Bertz CT molecular complexity index is 449. The number of rotatable bonds is 3. The summed E-state index contributed by atoms with van der Waals surface area (Å²) in [6, 6.07) is 8.28. The molecule has 0 aromatic heterocycles. The summed E-state index contributed by atoms with van der Waals surface area (Å²) in [5, 5.41) is 3.95. The Morgan fingerprint density at radius 2 is 1.85 bits per heavy atom. The molecule has 2 heteroatoms. The molecule has 0 spiro atoms. The van der Waals surface area contributed by atoms with Crippen LogP contribution in [0.5, 0.6) is 0 Å². The number of nitrogens with one attached hydrogen (secondary N) is 1. The van der Waals surface area contributed by atoms with E-state index in [4.69, 9.17) is 0 Å². The molecule has 2 aliphatic rings. The van der Waals surface area contributed by atoms with Crippen molar-refractivity contribution in [3.8, 4) is 0 Å². The van der Waals surface area contributed by atoms with Gasteiger partial charge in [0.15, 0.2) is 0 Å². The van der Waals surface area contributed by atoms with Crippen molar-refractivity contribution in [3.05, 3.63) is 33.8 Å². The third-order valence-corrected chi connectivity index (χ3v) is 5.79. The van der Waals surface area contributed by atoms with Gasteiger partial charge in [0.25, 0.3) is 0 Å². The first-order valence-corrected chi connectivity index (χ1v) is 9.07. The second kappa shape index (κ2) is 6.62. The molecule has 1 aromatic rings. The molecule has 0 saturated heterocycles. The molecule has 20 heavy (non-hydrogen) atoms. The highest BCUT2D eigenvalue weighted by molar-refractivity contribution is 9.10. The molecule has 1 N–H and O–H groups in total. The van der Waals surface area contributed by atoms with E-state index < -0.39 is 0 Å². The maximum atomic E-state index is 3.95. The van der Waals surface area contributed by atoms with Gasteiger partial charge >= 0.3 is 0 Å². The zero-order valence-electron chi connectivity index (χ0n) is 12.5. The van der Waals surface area contributed by atoms with Crippen LogP contribution in [0.1, 0.15) is 56.6 Å². The molecule has 1 atom stereocenters. The van der Waals surface area contributed by atoms with Crippen LogP contribution < -0.4 is 5.32 Å². The molecule has 1 aromatic carbocycles. The molecule has 1 unspecified atom stereocenters. The van der Waals surface area contributed by atoms with Crippen molar-refractivity contribution in [2.75, 3.05) is 0 Å². The van der Waals surface area contributed by atoms with Gasteiger partial charge in [-0.05, 0) is 74.1 Å². The van der Waals surface area contributed by atoms with E-state index in [1.165, 1.54) is 55.8 Å². The molecule has 0 bridgehead atoms. The molecule has 1 saturated carbocycles. The predicted octanol–water partition coefficient (Wildman–Crippen LogP) is 4.86. The van der Waals surface area contributed by atoms with E-state index in [2.05, 4.69) is 46.4 Å². The summed E-state index contributed by atoms with van der Waals surface area (Å²) in [6.45, 7) is 2.34. The van der Waals surface area contributed by atoms with E-state index in [-0.39, 0.29) is 0 Å². The summed E-state index contributed by atoms with van der Waals surface area (Å²) >= 11 is 3.58. The Balaban J connectivity index is 1.54. The lowest BCUT2D eigenvalue weighted by Crippen LogP contribution is -2.43. The summed E-state index contributed by atoms with van der Waals surface area (Å²) < 4.78 is 1.22. The molecular formula is C18H26BrN. The third kappa shape index (κ3) is 3.46. The van der Waals surface area contributed by atoms with Crippen LogP contribution in [0.15, 0.2) is 22.7 Å². The summed E-state index contributed by atoms with van der Waals surface area (Å²) in [5.74, 6) is 0.998. The average Bonchev–Trinajstić information content (AvgIpc) is 2.48. The Morgan fingerprint density at radius 1 is 1.05 bits per heavy atom. The highest BCUT2D eigenvalue weighted by atomic mass is 79.9. The minimum absolute atomic E-state index is 0.701. The third-order valence-electron chi connectivity index (χ3n) is 5.29. The average molecular weight is 336 g/mol. The van der Waals surface area contributed by atoms with Gasteiger partial charge in [-0.15, -0.1) is 0 Å². The number of fused-ring (bicyclic) bond motifs is 1. The van der Waals surface area contributed by atoms with Gasteiger partial charge in [-0.3, -0.25) is 0 Å². The summed E-state index contributed by atoms with van der Waals surface area (Å²) in [5.41, 5.74) is 3.10. The van der Waals surface area contributed by atoms with Crippen molar-refractivity contribution in [1.82, 2.24) is 5.32 Å². The second-order valence-electron chi connectivity index (χ2n) is 6.65. The molecule has 1 fully saturated rings. The van der Waals surface area contributed by atoms with E-state index in [0.717, 1.165) is 12.0 Å². The molecule has 2 aliphatic carbocycles. The SMILES string of the molecule is CCC1CCC(NC2CCc3cc(Br)ccc3C2)CC1. The van der Waals surface area contributed by atoms with Gasteiger partial charge in [-0.25, -0.2) is 0 Å². The van der Waals surface area contributed by atoms with Gasteiger partial charge in [0.1, 0.15) is 0 Å². The molecule has 110 valence electrons. The van der Waals surface area contributed by atoms with Gasteiger partial charge in [0, 0.05) is 16.6 Å². The first-order chi connectivity index (χ1) is 9.74. The second-order valence-corrected chi connectivity index (χ2v) is 7.56. The maximum Gasteiger partial charge on any atom is 0.0178 e. The Hall–Kier alpha value is -0.340. The lowest BCUT2D eigenvalue weighted by molar-refractivity contribution is 0.262. The molecular weight excluding hydrogens is 310 g/mol. The molecule has 0 aliphatic heterocycles. The first-order valence-electron chi connectivity index (χ1n) is 8.28. The number of hydrogen-bond donors (Lipinski definition) is 1. The molecule has 0 heterocycles. The Morgan fingerprint density at radius 3 is 2.60 bits per heavy atom. The van der Waals surface area contributed by atoms with Crippen LogP contribution in [-0.4, -0.2) is 12.1 Å². The van der Waals surface area contributed by atoms with Crippen molar-refractivity contribution >= 4 is 15.9 Å². The normalized spacial score (nSPS) is 30.0. The Labute approximate surface area is 131 Å². The smallest absolute Gasteiger partial charge is 0.0178 e. The zero-order chi connectivity index (χ0) is 13.9. The van der Waals surface area contributed by atoms with E-state index in [1.54, 1.807) is 11.1 Å². The zero-order valence-corrected chi connectivity index (χ0v) is 14.1. The summed E-state index contributed by atoms with van der Waals surface area (Å²) in [4.78, 5) is 0. The topological polar surface area (TPSA) is 12.0 Å². The lowest BCUT2D eigenvalue weighted by atomic mass is 9.83. The fourth-order valence-electron chi connectivity index (χ4n) is 3.94. The molecule has 0 radical (unpaired) electrons. The van der Waals surface area contributed by atoms with Gasteiger partial charge in [-0.1, -0.05) is 35.3 Å². The summed E-state index contributed by atoms with van der Waals surface area (Å²) in [6.07, 6.45) is 10.8. The maximum absolute atomic E-state index is 3.95. The van der Waals surface area contributed by atoms with E-state index >= 15 is 0 Å². The van der Waals surface area contributed by atoms with Crippen molar-refractivity contribution in [2.24, 2.45) is 5.92 Å². The van der Waals surface area contributed by atoms with Crippen LogP contribution in [-0.2, 0) is 12.8 Å². The molecule has 0 amide bonds. The van der Waals surface area contributed by atoms with Crippen LogP contribution in [0.2, 0.25) is 0 Å². The largest absolute Gasteiger partial charge is 0.311 e. The van der Waals surface area contributed by atoms with E-state index in [9.17, 15) is 0 Å². The first kappa shape index (κ1) is 14.6. The van der Waals surface area contributed by atoms with Crippen LogP contribution in [0, 0.1) is 5.92 Å². The number of aryl methyl sites for hydroxylation is 1. The Kier molecular flexibility index (Phi) is 4.83. The fourth-order valence-corrected chi connectivity index (χ4v) is 4.35. The van der Waals surface area contributed by atoms with Gasteiger partial charge < -0.3 is 5.32 Å². The van der Waals surface area contributed by atoms with Gasteiger partial charge in [0.05, 0.1) is 0 Å². The van der Waals surface area contributed by atoms with Crippen molar-refractivity contribution in [1.29, 1.82) is 0 Å². The minimum Gasteiger partial charge on any atom is -0.311 e. The minimum atomic E-state index is 0.701. The monoisotopic (exact) mass is 335 g/mol. The van der Waals surface area contributed by atoms with E-state index in [0.29, 0.717) is 6.04 Å². The molecule has 1 nitrogen and oxygen atoms in total. The fraction of sp³-hybridized carbons (Fsp3) is 0.667. The van der Waals surface area contributed by atoms with Gasteiger partial charge in [-0.2, -0.15) is 0 Å². The number of benzene rings is 1. The standard InChI is InChI=1S/C18H26BrN/c1-2-13-3-8-17(9-4-13)20-18-10-6-14-11-16(19)7-5-15(14)12-18/h5,7,11,13,17-18,20H,2-4,6,8-10,12H2,1H3. The predicted molar refractivity (Wildman–Crippen MR) is 89.1 cm³/mol. The van der Waals surface area contributed by atoms with Gasteiger partial charge in [0.2, 0.25) is 0 Å². The molecule has 3 rings (SSSR count).